The van der Waals surface area contributed by atoms with Gasteiger partial charge in [0.25, 0.3) is 0 Å². The molecule has 0 unspecified atom stereocenters. The second-order valence-corrected chi connectivity index (χ2v) is 10.2. The summed E-state index contributed by atoms with van der Waals surface area (Å²) >= 11 is 0. The van der Waals surface area contributed by atoms with Gasteiger partial charge in [0.15, 0.2) is 5.78 Å². The average molecular weight is 677 g/mol. The number of aliphatic hydroxyl groups excluding tert-OH is 1. The molecule has 1 aromatic heterocycles. The van der Waals surface area contributed by atoms with E-state index in [4.69, 9.17) is 10.1 Å². The van der Waals surface area contributed by atoms with E-state index >= 15 is 0 Å². The first-order valence-electron chi connectivity index (χ1n) is 12.5. The number of ketones is 1. The number of aromatic nitrogens is 1. The quantitative estimate of drug-likeness (QED) is 0.116. The van der Waals surface area contributed by atoms with Gasteiger partial charge < -0.3 is 5.11 Å². The van der Waals surface area contributed by atoms with Crippen molar-refractivity contribution in [3.8, 4) is 22.4 Å². The molecule has 1 aliphatic rings. The second kappa shape index (κ2) is 10.6. The molecule has 0 bridgehead atoms. The van der Waals surface area contributed by atoms with E-state index in [0.29, 0.717) is 0 Å². The van der Waals surface area contributed by atoms with Crippen molar-refractivity contribution in [3.05, 3.63) is 113 Å². The first kappa shape index (κ1) is 27.4. The van der Waals surface area contributed by atoms with Gasteiger partial charge in [-0.3, -0.25) is 9.78 Å². The van der Waals surface area contributed by atoms with Gasteiger partial charge >= 0.3 is 0 Å². The Kier molecular flexibility index (Phi) is 7.69. The molecule has 0 amide bonds. The Morgan fingerprint density at radius 3 is 2.24 bits per heavy atom. The number of fused-ring (bicyclic) bond motifs is 6. The molecule has 6 rings (SSSR count). The Labute approximate surface area is 237 Å². The van der Waals surface area contributed by atoms with Crippen molar-refractivity contribution >= 4 is 27.5 Å². The van der Waals surface area contributed by atoms with E-state index in [2.05, 4.69) is 106 Å². The fourth-order valence-electron chi connectivity index (χ4n) is 5.58. The summed E-state index contributed by atoms with van der Waals surface area (Å²) in [6.45, 7) is 9.72. The Bertz CT molecular complexity index is 1710. The Morgan fingerprint density at radius 1 is 0.921 bits per heavy atom. The van der Waals surface area contributed by atoms with Crippen LogP contribution in [0.15, 0.2) is 90.7 Å². The fraction of sp³-hybridized carbons (Fsp3) is 0.176. The van der Waals surface area contributed by atoms with E-state index < -0.39 is 0 Å². The van der Waals surface area contributed by atoms with Crippen LogP contribution in [0.1, 0.15) is 44.4 Å². The SMILES string of the molecule is CC(=O)/C=C(/C)O.Cc1c(-c2nc3ccccc3c3c2-c2ccccc2C3(C)C)[c-]cc2ccccc12.[Ir]. The molecule has 1 N–H and O–H groups in total. The van der Waals surface area contributed by atoms with Gasteiger partial charge in [-0.25, -0.2) is 0 Å². The van der Waals surface area contributed by atoms with Crippen LogP contribution in [0.2, 0.25) is 0 Å². The van der Waals surface area contributed by atoms with Crippen molar-refractivity contribution in [2.24, 2.45) is 0 Å². The van der Waals surface area contributed by atoms with Crippen LogP contribution in [0.3, 0.4) is 0 Å². The summed E-state index contributed by atoms with van der Waals surface area (Å²) in [5.41, 5.74) is 9.67. The van der Waals surface area contributed by atoms with E-state index in [9.17, 15) is 4.79 Å². The molecule has 0 fully saturated rings. The number of para-hydroxylation sites is 1. The van der Waals surface area contributed by atoms with Crippen molar-refractivity contribution in [2.75, 3.05) is 0 Å². The number of carbonyl (C=O) groups excluding carboxylic acids is 1. The van der Waals surface area contributed by atoms with Crippen molar-refractivity contribution in [3.63, 3.8) is 0 Å². The Balaban J connectivity index is 0.000000375. The molecule has 1 radical (unpaired) electrons. The fourth-order valence-corrected chi connectivity index (χ4v) is 5.58. The number of rotatable bonds is 2. The third kappa shape index (κ3) is 4.71. The van der Waals surface area contributed by atoms with Gasteiger partial charge in [0, 0.05) is 37.0 Å². The van der Waals surface area contributed by atoms with Crippen LogP contribution in [-0.2, 0) is 30.3 Å². The van der Waals surface area contributed by atoms with Gasteiger partial charge in [-0.05, 0) is 47.9 Å². The molecule has 5 aromatic rings. The zero-order valence-corrected chi connectivity index (χ0v) is 24.6. The summed E-state index contributed by atoms with van der Waals surface area (Å²) in [6.07, 6.45) is 1.17. The minimum atomic E-state index is -0.125. The summed E-state index contributed by atoms with van der Waals surface area (Å²) < 4.78 is 0. The van der Waals surface area contributed by atoms with Crippen LogP contribution in [0.5, 0.6) is 0 Å². The maximum atomic E-state index is 10.0. The molecule has 0 aliphatic heterocycles. The number of aryl methyl sites for hydroxylation is 1. The first-order chi connectivity index (χ1) is 17.7. The number of hydrogen-bond acceptors (Lipinski definition) is 3. The summed E-state index contributed by atoms with van der Waals surface area (Å²) in [5, 5.41) is 12.1. The molecule has 4 heteroatoms. The van der Waals surface area contributed by atoms with Gasteiger partial charge in [0.2, 0.25) is 0 Å². The Morgan fingerprint density at radius 2 is 1.55 bits per heavy atom. The third-order valence-electron chi connectivity index (χ3n) is 7.15. The number of carbonyl (C=O) groups is 1. The van der Waals surface area contributed by atoms with Crippen molar-refractivity contribution in [2.45, 2.75) is 40.0 Å². The zero-order chi connectivity index (χ0) is 26.3. The third-order valence-corrected chi connectivity index (χ3v) is 7.15. The molecule has 0 saturated heterocycles. The summed E-state index contributed by atoms with van der Waals surface area (Å²) in [7, 11) is 0. The molecule has 1 heterocycles. The smallest absolute Gasteiger partial charge is 0.155 e. The van der Waals surface area contributed by atoms with Crippen LogP contribution >= 0.6 is 0 Å². The normalized spacial score (nSPS) is 13.2. The van der Waals surface area contributed by atoms with Gasteiger partial charge in [-0.2, -0.15) is 0 Å². The number of aliphatic hydroxyl groups is 1. The molecular weight excluding hydrogens is 647 g/mol. The standard InChI is InChI=1S/C29H22N.C5H8O2.Ir/c1-18-20-11-5-4-10-19(20)16-17-21(18)28-26-22-12-6-8-14-24(22)29(2,3)27(26)23-13-7-9-15-25(23)30-28;1-4(6)3-5(2)7;/h4-16H,1-3H3;3,6H,1-2H3;/q-1;;/b;4-3-;. The molecule has 3 nitrogen and oxygen atoms in total. The van der Waals surface area contributed by atoms with Crippen LogP contribution < -0.4 is 0 Å². The zero-order valence-electron chi connectivity index (χ0n) is 22.2. The summed E-state index contributed by atoms with van der Waals surface area (Å²) in [4.78, 5) is 15.2. The first-order valence-corrected chi connectivity index (χ1v) is 12.5. The van der Waals surface area contributed by atoms with Crippen LogP contribution in [0.4, 0.5) is 0 Å². The van der Waals surface area contributed by atoms with E-state index in [1.807, 2.05) is 0 Å². The monoisotopic (exact) mass is 677 g/mol. The van der Waals surface area contributed by atoms with Crippen LogP contribution in [-0.4, -0.2) is 15.9 Å². The number of nitrogens with zero attached hydrogens (tertiary/aromatic N) is 1. The Hall–Kier alpha value is -3.59. The predicted molar refractivity (Wildman–Crippen MR) is 153 cm³/mol. The van der Waals surface area contributed by atoms with Gasteiger partial charge in [-0.1, -0.05) is 98.3 Å². The van der Waals surface area contributed by atoms with Crippen LogP contribution in [0, 0.1) is 13.0 Å². The minimum Gasteiger partial charge on any atom is -0.512 e. The predicted octanol–water partition coefficient (Wildman–Crippen LogP) is 8.50. The number of pyridine rings is 1. The number of benzene rings is 4. The van der Waals surface area contributed by atoms with E-state index in [0.717, 1.165) is 16.8 Å². The molecule has 0 saturated carbocycles. The van der Waals surface area contributed by atoms with Gasteiger partial charge in [0.05, 0.1) is 11.3 Å². The summed E-state index contributed by atoms with van der Waals surface area (Å²) in [5.74, 6) is -0.0625. The molecule has 193 valence electrons. The molecule has 38 heavy (non-hydrogen) atoms. The number of allylic oxidation sites excluding steroid dienone is 2. The van der Waals surface area contributed by atoms with Gasteiger partial charge in [-0.15, -0.1) is 23.3 Å². The van der Waals surface area contributed by atoms with Gasteiger partial charge in [0.1, 0.15) is 0 Å². The largest absolute Gasteiger partial charge is 0.512 e. The molecule has 1 aliphatic carbocycles. The van der Waals surface area contributed by atoms with Crippen molar-refractivity contribution < 1.29 is 30.0 Å². The molecule has 0 spiro atoms. The van der Waals surface area contributed by atoms with E-state index in [-0.39, 0.29) is 37.1 Å². The van der Waals surface area contributed by atoms with Crippen LogP contribution in [0.25, 0.3) is 44.1 Å². The maximum absolute atomic E-state index is 10.0. The van der Waals surface area contributed by atoms with E-state index in [1.54, 1.807) is 0 Å². The van der Waals surface area contributed by atoms with Crippen molar-refractivity contribution in [1.82, 2.24) is 4.98 Å². The molecule has 4 aromatic carbocycles. The topological polar surface area (TPSA) is 50.2 Å². The van der Waals surface area contributed by atoms with E-state index in [1.165, 1.54) is 63.9 Å². The summed E-state index contributed by atoms with van der Waals surface area (Å²) in [6, 6.07) is 31.6. The molecule has 0 atom stereocenters. The number of hydrogen-bond donors (Lipinski definition) is 1. The maximum Gasteiger partial charge on any atom is 0.155 e. The average Bonchev–Trinajstić information content (AvgIpc) is 3.11. The minimum absolute atomic E-state index is 0. The van der Waals surface area contributed by atoms with Crippen molar-refractivity contribution in [1.29, 1.82) is 0 Å². The molecular formula is C34H30IrNO2-. The second-order valence-electron chi connectivity index (χ2n) is 10.2.